The first-order chi connectivity index (χ1) is 4.80. The van der Waals surface area contributed by atoms with E-state index in [1.165, 1.54) is 32.4 Å². The van der Waals surface area contributed by atoms with E-state index >= 15 is 0 Å². The first-order valence-electron chi connectivity index (χ1n) is 4.51. The third-order valence-corrected chi connectivity index (χ3v) is 2.56. The third-order valence-electron chi connectivity index (χ3n) is 2.56. The highest BCUT2D eigenvalue weighted by atomic mass is 14.8. The molecule has 1 atom stereocenters. The van der Waals surface area contributed by atoms with Gasteiger partial charge in [-0.25, -0.2) is 0 Å². The summed E-state index contributed by atoms with van der Waals surface area (Å²) in [6, 6.07) is 0. The van der Waals surface area contributed by atoms with Crippen molar-refractivity contribution in [1.29, 1.82) is 0 Å². The molecule has 0 aromatic carbocycles. The molecule has 1 nitrogen and oxygen atoms in total. The van der Waals surface area contributed by atoms with Crippen LogP contribution in [0.1, 0.15) is 34.5 Å². The fraction of sp³-hybridized carbons (Fsp3) is 1.00. The first kappa shape index (κ1) is 8.06. The second-order valence-corrected chi connectivity index (χ2v) is 3.69. The van der Waals surface area contributed by atoms with E-state index in [0.29, 0.717) is 0 Å². The summed E-state index contributed by atoms with van der Waals surface area (Å²) in [6.07, 6.45) is 4.20. The van der Waals surface area contributed by atoms with Gasteiger partial charge < -0.3 is 5.32 Å². The lowest BCUT2D eigenvalue weighted by atomic mass is 9.89. The van der Waals surface area contributed by atoms with Crippen LogP contribution in [0.3, 0.4) is 0 Å². The molecule has 1 saturated heterocycles. The Labute approximate surface area is 65.7 Å². The zero-order chi connectivity index (χ0) is 7.40. The second-order valence-electron chi connectivity index (χ2n) is 3.69. The van der Waals surface area contributed by atoms with E-state index in [4.69, 9.17) is 0 Å². The highest BCUT2D eigenvalue weighted by Gasteiger charge is 2.14. The molecule has 62 valence electrons. The Morgan fingerprint density at radius 2 is 2.10 bits per heavy atom. The Hall–Kier alpha value is -0.0400. The maximum atomic E-state index is 3.43. The molecule has 1 heteroatoms. The molecular weight excluding hydrogens is 122 g/mol. The van der Waals surface area contributed by atoms with Crippen LogP contribution in [-0.2, 0) is 0 Å². The maximum absolute atomic E-state index is 3.43. The summed E-state index contributed by atoms with van der Waals surface area (Å²) in [5.41, 5.74) is 0. The van der Waals surface area contributed by atoms with Crippen LogP contribution >= 0.6 is 0 Å². The molecule has 1 fully saturated rings. The van der Waals surface area contributed by atoms with Gasteiger partial charge in [-0.15, -0.1) is 0 Å². The van der Waals surface area contributed by atoms with E-state index in [0.717, 1.165) is 11.8 Å². The van der Waals surface area contributed by atoms with Gasteiger partial charge in [-0.3, -0.25) is 0 Å². The molecule has 1 rings (SSSR count). The average molecular weight is 143 g/mol. The number of hydrogen-bond acceptors (Lipinski definition) is 1. The van der Waals surface area contributed by atoms with Gasteiger partial charge in [-0.1, -0.05) is 13.8 Å². The van der Waals surface area contributed by atoms with Gasteiger partial charge in [0.1, 0.15) is 0 Å². The molecule has 0 aromatic rings. The van der Waals surface area contributed by atoms with E-state index in [9.17, 15) is 0 Å². The van der Waals surface area contributed by atoms with Crippen molar-refractivity contribution in [2.24, 2.45) is 11.8 Å². The van der Waals surface area contributed by atoms with Gasteiger partial charge in [0.15, 0.2) is 0 Å². The van der Waals surface area contributed by atoms with E-state index in [1.54, 1.807) is 0 Å². The van der Waals surface area contributed by atoms with Crippen molar-refractivity contribution in [3.8, 4) is 0 Å². The van der Waals surface area contributed by atoms with Gasteiger partial charge >= 0.3 is 0 Å². The lowest BCUT2D eigenvalue weighted by molar-refractivity contribution is 0.350. The second kappa shape index (κ2) is 3.97. The van der Waals surface area contributed by atoms with Crippen molar-refractivity contribution >= 4 is 0 Å². The third kappa shape index (κ3) is 2.30. The molecule has 0 aromatic heterocycles. The van der Waals surface area contributed by atoms with Crippen LogP contribution in [0.25, 0.3) is 0 Å². The molecule has 0 aliphatic carbocycles. The predicted molar refractivity (Wildman–Crippen MR) is 47.2 cm³/mol. The van der Waals surface area contributed by atoms with Crippen molar-refractivity contribution in [1.82, 2.24) is 5.32 Å². The molecule has 1 aliphatic heterocycles. The molecule has 1 aliphatic rings. The van der Waals surface area contributed by atoms with Crippen LogP contribution in [0.5, 0.6) is 0 Å². The van der Waals surface area contributed by atoms with Crippen molar-refractivity contribution < 1.29 is 1.43 Å². The maximum Gasteiger partial charge on any atom is 0 e. The van der Waals surface area contributed by atoms with E-state index in [-0.39, 0.29) is 1.43 Å². The Bertz CT molecular complexity index is 85.6. The van der Waals surface area contributed by atoms with Gasteiger partial charge in [0.05, 0.1) is 0 Å². The van der Waals surface area contributed by atoms with Crippen LogP contribution in [-0.4, -0.2) is 13.1 Å². The topological polar surface area (TPSA) is 12.0 Å². The molecule has 0 radical (unpaired) electrons. The van der Waals surface area contributed by atoms with Crippen LogP contribution in [0.4, 0.5) is 0 Å². The molecule has 10 heavy (non-hydrogen) atoms. The fourth-order valence-corrected chi connectivity index (χ4v) is 1.71. The Balaban J connectivity index is 0.000001000. The summed E-state index contributed by atoms with van der Waals surface area (Å²) in [6.45, 7) is 7.16. The minimum Gasteiger partial charge on any atom is -0.317 e. The van der Waals surface area contributed by atoms with Crippen molar-refractivity contribution in [2.45, 2.75) is 33.1 Å². The predicted octanol–water partition coefficient (Wildman–Crippen LogP) is 2.28. The Kier molecular flexibility index (Phi) is 3.20. The Morgan fingerprint density at radius 1 is 1.30 bits per heavy atom. The quantitative estimate of drug-likeness (QED) is 0.594. The van der Waals surface area contributed by atoms with E-state index in [1.807, 2.05) is 0 Å². The van der Waals surface area contributed by atoms with Crippen LogP contribution in [0, 0.1) is 11.8 Å². The highest BCUT2D eigenvalue weighted by molar-refractivity contribution is 4.68. The van der Waals surface area contributed by atoms with Crippen molar-refractivity contribution in [3.05, 3.63) is 0 Å². The standard InChI is InChI=1S/C9H19N.H2/c1-8(2)9-4-3-6-10-7-5-9;/h8-10H,3-7H2,1-2H3;1H. The molecule has 0 saturated carbocycles. The molecule has 0 bridgehead atoms. The van der Waals surface area contributed by atoms with Gasteiger partial charge in [0, 0.05) is 1.43 Å². The zero-order valence-electron chi connectivity index (χ0n) is 7.19. The average Bonchev–Trinajstić information content (AvgIpc) is 2.12. The largest absolute Gasteiger partial charge is 0.317 e. The fourth-order valence-electron chi connectivity index (χ4n) is 1.71. The molecule has 1 unspecified atom stereocenters. The van der Waals surface area contributed by atoms with Crippen molar-refractivity contribution in [2.75, 3.05) is 13.1 Å². The molecular formula is C9H21N. The summed E-state index contributed by atoms with van der Waals surface area (Å²) in [7, 11) is 0. The van der Waals surface area contributed by atoms with E-state index in [2.05, 4.69) is 19.2 Å². The Morgan fingerprint density at radius 3 is 2.80 bits per heavy atom. The van der Waals surface area contributed by atoms with Gasteiger partial charge in [0.25, 0.3) is 0 Å². The SMILES string of the molecule is CC(C)C1CCCNCC1.[HH]. The van der Waals surface area contributed by atoms with Gasteiger partial charge in [-0.05, 0) is 44.2 Å². The monoisotopic (exact) mass is 143 g/mol. The smallest absolute Gasteiger partial charge is 0 e. The minimum atomic E-state index is 0. The lowest BCUT2D eigenvalue weighted by Gasteiger charge is -2.16. The first-order valence-corrected chi connectivity index (χ1v) is 4.51. The van der Waals surface area contributed by atoms with Crippen LogP contribution in [0.15, 0.2) is 0 Å². The summed E-state index contributed by atoms with van der Waals surface area (Å²) in [5.74, 6) is 1.87. The normalized spacial score (nSPS) is 28.5. The summed E-state index contributed by atoms with van der Waals surface area (Å²) in [4.78, 5) is 0. The molecule has 0 spiro atoms. The number of hydrogen-bond donors (Lipinski definition) is 1. The van der Waals surface area contributed by atoms with Crippen LogP contribution < -0.4 is 5.32 Å². The zero-order valence-corrected chi connectivity index (χ0v) is 7.19. The lowest BCUT2D eigenvalue weighted by Crippen LogP contribution is -2.15. The van der Waals surface area contributed by atoms with Crippen LogP contribution in [0.2, 0.25) is 0 Å². The molecule has 1 N–H and O–H groups in total. The molecule has 1 heterocycles. The summed E-state index contributed by atoms with van der Waals surface area (Å²) < 4.78 is 0. The minimum absolute atomic E-state index is 0. The van der Waals surface area contributed by atoms with Crippen molar-refractivity contribution in [3.63, 3.8) is 0 Å². The van der Waals surface area contributed by atoms with E-state index < -0.39 is 0 Å². The van der Waals surface area contributed by atoms with Gasteiger partial charge in [0.2, 0.25) is 0 Å². The number of nitrogens with one attached hydrogen (secondary N) is 1. The summed E-state index contributed by atoms with van der Waals surface area (Å²) in [5, 5.41) is 3.43. The molecule has 0 amide bonds. The number of rotatable bonds is 1. The summed E-state index contributed by atoms with van der Waals surface area (Å²) >= 11 is 0. The van der Waals surface area contributed by atoms with Gasteiger partial charge in [-0.2, -0.15) is 0 Å². The highest BCUT2D eigenvalue weighted by Crippen LogP contribution is 2.21.